The van der Waals surface area contributed by atoms with Gasteiger partial charge in [-0.15, -0.1) is 5.73 Å². The van der Waals surface area contributed by atoms with Gasteiger partial charge in [0.25, 0.3) is 0 Å². The lowest BCUT2D eigenvalue weighted by Gasteiger charge is -1.89. The quantitative estimate of drug-likeness (QED) is 0.398. The first-order valence-electron chi connectivity index (χ1n) is 4.48. The first-order valence-corrected chi connectivity index (χ1v) is 4.48. The van der Waals surface area contributed by atoms with Gasteiger partial charge in [0, 0.05) is 0 Å². The lowest BCUT2D eigenvalue weighted by atomic mass is 10.2. The van der Waals surface area contributed by atoms with E-state index in [0.29, 0.717) is 0 Å². The van der Waals surface area contributed by atoms with Crippen molar-refractivity contribution in [1.29, 1.82) is 0 Å². The van der Waals surface area contributed by atoms with Crippen LogP contribution in [0.1, 0.15) is 27.2 Å². The van der Waals surface area contributed by atoms with Crippen LogP contribution in [0.4, 0.5) is 0 Å². The highest BCUT2D eigenvalue weighted by molar-refractivity contribution is 5.17. The summed E-state index contributed by atoms with van der Waals surface area (Å²) in [6, 6.07) is 0. The molecule has 0 saturated heterocycles. The lowest BCUT2D eigenvalue weighted by molar-refractivity contribution is 0.343. The highest BCUT2D eigenvalue weighted by atomic mass is 16.2. The maximum Gasteiger partial charge on any atom is 0.0686 e. The molecule has 0 aromatic carbocycles. The second-order valence-corrected chi connectivity index (χ2v) is 3.16. The fourth-order valence-corrected chi connectivity index (χ4v) is 0.783. The molecule has 0 unspecified atom stereocenters. The Kier molecular flexibility index (Phi) is 6.99. The van der Waals surface area contributed by atoms with Crippen molar-refractivity contribution in [2.45, 2.75) is 27.2 Å². The van der Waals surface area contributed by atoms with Crippen molar-refractivity contribution >= 4 is 0 Å². The smallest absolute Gasteiger partial charge is 0.0686 e. The zero-order valence-electron chi connectivity index (χ0n) is 8.67. The SMILES string of the molecule is CC(C)=CCC=C(C)C=C=CCO. The molecule has 0 aliphatic heterocycles. The van der Waals surface area contributed by atoms with Crippen LogP contribution in [0.2, 0.25) is 0 Å². The van der Waals surface area contributed by atoms with Gasteiger partial charge in [0.15, 0.2) is 0 Å². The highest BCUT2D eigenvalue weighted by Gasteiger charge is 1.79. The second kappa shape index (κ2) is 7.60. The Morgan fingerprint density at radius 2 is 1.92 bits per heavy atom. The Bertz CT molecular complexity index is 246. The average molecular weight is 178 g/mol. The van der Waals surface area contributed by atoms with Crippen molar-refractivity contribution in [3.05, 3.63) is 41.2 Å². The van der Waals surface area contributed by atoms with E-state index >= 15 is 0 Å². The summed E-state index contributed by atoms with van der Waals surface area (Å²) in [7, 11) is 0. The van der Waals surface area contributed by atoms with Gasteiger partial charge in [-0.3, -0.25) is 0 Å². The van der Waals surface area contributed by atoms with E-state index < -0.39 is 0 Å². The van der Waals surface area contributed by atoms with Gasteiger partial charge in [0.2, 0.25) is 0 Å². The van der Waals surface area contributed by atoms with Crippen LogP contribution < -0.4 is 0 Å². The molecule has 1 heteroatoms. The molecule has 1 N–H and O–H groups in total. The molecule has 0 atom stereocenters. The molecule has 1 nitrogen and oxygen atoms in total. The number of hydrogen-bond donors (Lipinski definition) is 1. The molecule has 0 spiro atoms. The summed E-state index contributed by atoms with van der Waals surface area (Å²) in [6.45, 7) is 6.25. The molecule has 0 saturated carbocycles. The van der Waals surface area contributed by atoms with Gasteiger partial charge in [-0.1, -0.05) is 17.7 Å². The molecule has 0 bridgehead atoms. The largest absolute Gasteiger partial charge is 0.392 e. The van der Waals surface area contributed by atoms with Crippen LogP contribution in [0.3, 0.4) is 0 Å². The highest BCUT2D eigenvalue weighted by Crippen LogP contribution is 1.99. The van der Waals surface area contributed by atoms with Crippen LogP contribution in [0, 0.1) is 0 Å². The molecule has 0 aromatic heterocycles. The molecule has 0 fully saturated rings. The van der Waals surface area contributed by atoms with Crippen LogP contribution >= 0.6 is 0 Å². The van der Waals surface area contributed by atoms with Crippen LogP contribution in [0.15, 0.2) is 41.2 Å². The van der Waals surface area contributed by atoms with Crippen molar-refractivity contribution in [1.82, 2.24) is 0 Å². The fourth-order valence-electron chi connectivity index (χ4n) is 0.783. The maximum absolute atomic E-state index is 8.46. The van der Waals surface area contributed by atoms with Crippen molar-refractivity contribution in [2.24, 2.45) is 0 Å². The number of hydrogen-bond acceptors (Lipinski definition) is 1. The monoisotopic (exact) mass is 178 g/mol. The summed E-state index contributed by atoms with van der Waals surface area (Å²) in [5.41, 5.74) is 5.39. The first-order chi connectivity index (χ1) is 6.16. The van der Waals surface area contributed by atoms with Gasteiger partial charge >= 0.3 is 0 Å². The molecule has 0 aliphatic carbocycles. The van der Waals surface area contributed by atoms with Crippen LogP contribution in [0.25, 0.3) is 0 Å². The molecule has 0 radical (unpaired) electrons. The van der Waals surface area contributed by atoms with Gasteiger partial charge in [0.05, 0.1) is 6.61 Å². The van der Waals surface area contributed by atoms with Crippen LogP contribution in [-0.2, 0) is 0 Å². The number of allylic oxidation sites excluding steroid dienone is 4. The van der Waals surface area contributed by atoms with E-state index in [4.69, 9.17) is 5.11 Å². The predicted octanol–water partition coefficient (Wildman–Crippen LogP) is 2.99. The van der Waals surface area contributed by atoms with E-state index in [0.717, 1.165) is 6.42 Å². The normalized spacial score (nSPS) is 10.3. The Hall–Kier alpha value is -1.04. The summed E-state index contributed by atoms with van der Waals surface area (Å²) < 4.78 is 0. The van der Waals surface area contributed by atoms with Gasteiger partial charge in [-0.05, 0) is 44.9 Å². The summed E-state index contributed by atoms with van der Waals surface area (Å²) in [4.78, 5) is 0. The zero-order valence-corrected chi connectivity index (χ0v) is 8.67. The summed E-state index contributed by atoms with van der Waals surface area (Å²) in [6.07, 6.45) is 8.73. The standard InChI is InChI=1S/C12H18O/c1-11(2)7-6-9-12(3)8-4-5-10-13/h5,7-9,13H,6,10H2,1-3H3. The van der Waals surface area contributed by atoms with Gasteiger partial charge in [-0.25, -0.2) is 0 Å². The van der Waals surface area contributed by atoms with Crippen molar-refractivity contribution in [3.63, 3.8) is 0 Å². The average Bonchev–Trinajstić information content (AvgIpc) is 2.04. The summed E-state index contributed by atoms with van der Waals surface area (Å²) in [5.74, 6) is 0. The first kappa shape index (κ1) is 12.0. The summed E-state index contributed by atoms with van der Waals surface area (Å²) >= 11 is 0. The molecule has 0 aromatic rings. The zero-order chi connectivity index (χ0) is 10.1. The predicted molar refractivity (Wildman–Crippen MR) is 57.5 cm³/mol. The Morgan fingerprint density at radius 3 is 2.46 bits per heavy atom. The molecule has 0 heterocycles. The Labute approximate surface area is 80.8 Å². The molecular formula is C12H18O. The third-order valence-electron chi connectivity index (χ3n) is 1.49. The molecular weight excluding hydrogens is 160 g/mol. The number of rotatable bonds is 4. The van der Waals surface area contributed by atoms with E-state index in [2.05, 4.69) is 31.7 Å². The maximum atomic E-state index is 8.46. The van der Waals surface area contributed by atoms with E-state index in [9.17, 15) is 0 Å². The minimum atomic E-state index is 0.0533. The van der Waals surface area contributed by atoms with E-state index in [1.165, 1.54) is 11.1 Å². The molecule has 13 heavy (non-hydrogen) atoms. The molecule has 0 aliphatic rings. The minimum Gasteiger partial charge on any atom is -0.392 e. The fraction of sp³-hybridized carbons (Fsp3) is 0.417. The van der Waals surface area contributed by atoms with Crippen molar-refractivity contribution < 1.29 is 5.11 Å². The number of aliphatic hydroxyl groups excluding tert-OH is 1. The van der Waals surface area contributed by atoms with E-state index in [-0.39, 0.29) is 6.61 Å². The third kappa shape index (κ3) is 8.87. The topological polar surface area (TPSA) is 20.2 Å². The molecule has 0 amide bonds. The minimum absolute atomic E-state index is 0.0533. The third-order valence-corrected chi connectivity index (χ3v) is 1.49. The Morgan fingerprint density at radius 1 is 1.23 bits per heavy atom. The second-order valence-electron chi connectivity index (χ2n) is 3.16. The Balaban J connectivity index is 4.03. The van der Waals surface area contributed by atoms with Crippen molar-refractivity contribution in [3.8, 4) is 0 Å². The number of aliphatic hydroxyl groups is 1. The van der Waals surface area contributed by atoms with Crippen molar-refractivity contribution in [2.75, 3.05) is 6.61 Å². The molecule has 72 valence electrons. The van der Waals surface area contributed by atoms with E-state index in [1.807, 2.05) is 13.0 Å². The van der Waals surface area contributed by atoms with Crippen LogP contribution in [0.5, 0.6) is 0 Å². The van der Waals surface area contributed by atoms with Gasteiger partial charge in [0.1, 0.15) is 0 Å². The lowest BCUT2D eigenvalue weighted by Crippen LogP contribution is -1.70. The van der Waals surface area contributed by atoms with Gasteiger partial charge < -0.3 is 5.11 Å². The molecule has 0 rings (SSSR count). The van der Waals surface area contributed by atoms with Crippen LogP contribution in [-0.4, -0.2) is 11.7 Å². The van der Waals surface area contributed by atoms with Gasteiger partial charge in [-0.2, -0.15) is 0 Å². The van der Waals surface area contributed by atoms with E-state index in [1.54, 1.807) is 6.08 Å². The summed E-state index contributed by atoms with van der Waals surface area (Å²) in [5, 5.41) is 8.46.